The standard InChI is InChI=1S/C12H19F3N4S/c13-12(14,15)10-18-19-11(20-10)17-8-7-16-9-5-3-1-2-4-6-9/h9,16H,1-8H2,(H,17,19). The van der Waals surface area contributed by atoms with Crippen LogP contribution in [0, 0.1) is 0 Å². The van der Waals surface area contributed by atoms with E-state index in [1.165, 1.54) is 38.5 Å². The Labute approximate surface area is 120 Å². The fourth-order valence-electron chi connectivity index (χ4n) is 2.34. The molecule has 1 saturated carbocycles. The number of anilines is 1. The Morgan fingerprint density at radius 3 is 2.35 bits per heavy atom. The number of nitrogens with one attached hydrogen (secondary N) is 2. The molecule has 0 spiro atoms. The zero-order chi connectivity index (χ0) is 14.4. The summed E-state index contributed by atoms with van der Waals surface area (Å²) in [5.41, 5.74) is 0. The maximum Gasteiger partial charge on any atom is 0.445 e. The molecule has 0 bridgehead atoms. The molecule has 0 saturated heterocycles. The summed E-state index contributed by atoms with van der Waals surface area (Å²) in [5, 5.41) is 12.3. The maximum absolute atomic E-state index is 12.3. The van der Waals surface area contributed by atoms with Gasteiger partial charge in [-0.15, -0.1) is 10.2 Å². The normalized spacial score (nSPS) is 17.9. The van der Waals surface area contributed by atoms with Crippen LogP contribution >= 0.6 is 11.3 Å². The van der Waals surface area contributed by atoms with Crippen LogP contribution in [0.4, 0.5) is 18.3 Å². The van der Waals surface area contributed by atoms with Crippen LogP contribution in [0.25, 0.3) is 0 Å². The zero-order valence-electron chi connectivity index (χ0n) is 11.2. The SMILES string of the molecule is FC(F)(F)c1nnc(NCCNC2CCCCCC2)s1. The van der Waals surface area contributed by atoms with Crippen molar-refractivity contribution < 1.29 is 13.2 Å². The van der Waals surface area contributed by atoms with Gasteiger partial charge < -0.3 is 10.6 Å². The van der Waals surface area contributed by atoms with Gasteiger partial charge in [0.2, 0.25) is 10.1 Å². The Kier molecular flexibility index (Phi) is 5.59. The first kappa shape index (κ1) is 15.5. The minimum Gasteiger partial charge on any atom is -0.359 e. The summed E-state index contributed by atoms with van der Waals surface area (Å²) in [4.78, 5) is 0. The largest absolute Gasteiger partial charge is 0.445 e. The minimum absolute atomic E-state index is 0.222. The third-order valence-electron chi connectivity index (χ3n) is 3.36. The van der Waals surface area contributed by atoms with Gasteiger partial charge in [0.25, 0.3) is 0 Å². The van der Waals surface area contributed by atoms with Crippen LogP contribution < -0.4 is 10.6 Å². The van der Waals surface area contributed by atoms with Crippen molar-refractivity contribution in [1.82, 2.24) is 15.5 Å². The summed E-state index contributed by atoms with van der Waals surface area (Å²) in [7, 11) is 0. The number of rotatable bonds is 5. The molecule has 0 unspecified atom stereocenters. The van der Waals surface area contributed by atoms with Gasteiger partial charge in [0.1, 0.15) is 0 Å². The molecule has 2 N–H and O–H groups in total. The number of halogens is 3. The molecule has 1 fully saturated rings. The van der Waals surface area contributed by atoms with Crippen LogP contribution in [-0.2, 0) is 6.18 Å². The topological polar surface area (TPSA) is 49.8 Å². The van der Waals surface area contributed by atoms with E-state index >= 15 is 0 Å². The Morgan fingerprint density at radius 2 is 1.75 bits per heavy atom. The van der Waals surface area contributed by atoms with Crippen LogP contribution in [0.3, 0.4) is 0 Å². The summed E-state index contributed by atoms with van der Waals surface area (Å²) >= 11 is 0.543. The second-order valence-electron chi connectivity index (χ2n) is 4.98. The average Bonchev–Trinajstić information content (AvgIpc) is 2.72. The van der Waals surface area contributed by atoms with Crippen molar-refractivity contribution in [3.63, 3.8) is 0 Å². The molecule has 1 aromatic rings. The van der Waals surface area contributed by atoms with E-state index in [1.807, 2.05) is 0 Å². The Bertz CT molecular complexity index is 400. The molecule has 1 aromatic heterocycles. The molecule has 1 heterocycles. The molecule has 114 valence electrons. The van der Waals surface area contributed by atoms with Crippen molar-refractivity contribution in [3.05, 3.63) is 5.01 Å². The smallest absolute Gasteiger partial charge is 0.359 e. The van der Waals surface area contributed by atoms with Gasteiger partial charge in [0.15, 0.2) is 0 Å². The molecular formula is C12H19F3N4S. The Balaban J connectivity index is 1.66. The summed E-state index contributed by atoms with van der Waals surface area (Å²) in [5.74, 6) is 0. The van der Waals surface area contributed by atoms with E-state index in [0.29, 0.717) is 23.9 Å². The fraction of sp³-hybridized carbons (Fsp3) is 0.833. The Morgan fingerprint density at radius 1 is 1.05 bits per heavy atom. The zero-order valence-corrected chi connectivity index (χ0v) is 12.0. The van der Waals surface area contributed by atoms with E-state index in [-0.39, 0.29) is 5.13 Å². The van der Waals surface area contributed by atoms with Crippen LogP contribution in [0.1, 0.15) is 43.5 Å². The van der Waals surface area contributed by atoms with E-state index in [4.69, 9.17) is 0 Å². The van der Waals surface area contributed by atoms with Gasteiger partial charge >= 0.3 is 6.18 Å². The molecule has 1 aliphatic carbocycles. The lowest BCUT2D eigenvalue weighted by Crippen LogP contribution is -2.32. The van der Waals surface area contributed by atoms with Gasteiger partial charge in [-0.05, 0) is 12.8 Å². The maximum atomic E-state index is 12.3. The van der Waals surface area contributed by atoms with E-state index in [1.54, 1.807) is 0 Å². The first-order valence-corrected chi connectivity index (χ1v) is 7.75. The third-order valence-corrected chi connectivity index (χ3v) is 4.28. The molecule has 0 radical (unpaired) electrons. The highest BCUT2D eigenvalue weighted by atomic mass is 32.1. The highest BCUT2D eigenvalue weighted by Gasteiger charge is 2.35. The summed E-state index contributed by atoms with van der Waals surface area (Å²) in [6, 6.07) is 0.541. The molecule has 0 amide bonds. The van der Waals surface area contributed by atoms with E-state index in [2.05, 4.69) is 20.8 Å². The first-order valence-electron chi connectivity index (χ1n) is 6.93. The highest BCUT2D eigenvalue weighted by molar-refractivity contribution is 7.15. The van der Waals surface area contributed by atoms with Crippen LogP contribution in [0.5, 0.6) is 0 Å². The van der Waals surface area contributed by atoms with Crippen molar-refractivity contribution in [1.29, 1.82) is 0 Å². The number of alkyl halides is 3. The average molecular weight is 308 g/mol. The van der Waals surface area contributed by atoms with Crippen molar-refractivity contribution in [2.45, 2.75) is 50.7 Å². The van der Waals surface area contributed by atoms with Crippen molar-refractivity contribution in [2.24, 2.45) is 0 Å². The van der Waals surface area contributed by atoms with Gasteiger partial charge in [-0.2, -0.15) is 13.2 Å². The number of hydrogen-bond acceptors (Lipinski definition) is 5. The highest BCUT2D eigenvalue weighted by Crippen LogP contribution is 2.32. The third kappa shape index (κ3) is 4.90. The molecule has 0 aromatic carbocycles. The monoisotopic (exact) mass is 308 g/mol. The summed E-state index contributed by atoms with van der Waals surface area (Å²) in [6.45, 7) is 1.29. The molecule has 8 heteroatoms. The number of hydrogen-bond donors (Lipinski definition) is 2. The number of aromatic nitrogens is 2. The van der Waals surface area contributed by atoms with Crippen molar-refractivity contribution in [2.75, 3.05) is 18.4 Å². The molecular weight excluding hydrogens is 289 g/mol. The van der Waals surface area contributed by atoms with Crippen LogP contribution in [0.2, 0.25) is 0 Å². The summed E-state index contributed by atoms with van der Waals surface area (Å²) < 4.78 is 37.0. The van der Waals surface area contributed by atoms with Gasteiger partial charge in [-0.25, -0.2) is 0 Å². The fourth-order valence-corrected chi connectivity index (χ4v) is 2.97. The van der Waals surface area contributed by atoms with E-state index in [0.717, 1.165) is 6.54 Å². The predicted molar refractivity (Wildman–Crippen MR) is 72.9 cm³/mol. The van der Waals surface area contributed by atoms with E-state index in [9.17, 15) is 13.2 Å². The molecule has 2 rings (SSSR count). The predicted octanol–water partition coefficient (Wildman–Crippen LogP) is 3.28. The second kappa shape index (κ2) is 7.21. The van der Waals surface area contributed by atoms with Gasteiger partial charge in [-0.1, -0.05) is 37.0 Å². The van der Waals surface area contributed by atoms with Gasteiger partial charge in [-0.3, -0.25) is 0 Å². The van der Waals surface area contributed by atoms with Crippen LogP contribution in [0.15, 0.2) is 0 Å². The van der Waals surface area contributed by atoms with Crippen molar-refractivity contribution >= 4 is 16.5 Å². The van der Waals surface area contributed by atoms with Gasteiger partial charge in [0, 0.05) is 19.1 Å². The van der Waals surface area contributed by atoms with Crippen LogP contribution in [-0.4, -0.2) is 29.3 Å². The lowest BCUT2D eigenvalue weighted by Gasteiger charge is -2.15. The lowest BCUT2D eigenvalue weighted by atomic mass is 10.1. The first-order chi connectivity index (χ1) is 9.55. The molecule has 0 atom stereocenters. The molecule has 0 aliphatic heterocycles. The van der Waals surface area contributed by atoms with Gasteiger partial charge in [0.05, 0.1) is 0 Å². The molecule has 4 nitrogen and oxygen atoms in total. The molecule has 20 heavy (non-hydrogen) atoms. The van der Waals surface area contributed by atoms with Crippen molar-refractivity contribution in [3.8, 4) is 0 Å². The number of nitrogens with zero attached hydrogens (tertiary/aromatic N) is 2. The Hall–Kier alpha value is -0.890. The minimum atomic E-state index is -4.41. The lowest BCUT2D eigenvalue weighted by molar-refractivity contribution is -0.138. The second-order valence-corrected chi connectivity index (χ2v) is 5.96. The summed E-state index contributed by atoms with van der Waals surface area (Å²) in [6.07, 6.45) is 3.11. The quantitative estimate of drug-likeness (QED) is 0.647. The molecule has 1 aliphatic rings. The van der Waals surface area contributed by atoms with E-state index < -0.39 is 11.2 Å².